The van der Waals surface area contributed by atoms with Crippen molar-refractivity contribution >= 4 is 5.97 Å². The predicted octanol–water partition coefficient (Wildman–Crippen LogP) is 0.0789. The Morgan fingerprint density at radius 2 is 0.342 bits per heavy atom. The summed E-state index contributed by atoms with van der Waals surface area (Å²) in [6.45, 7) is 24.3. The number of rotatable bonds is 75. The lowest BCUT2D eigenvalue weighted by Gasteiger charge is -2.09. The van der Waals surface area contributed by atoms with Gasteiger partial charge in [-0.1, -0.05) is 0 Å². The normalized spacial score (nSPS) is 11.7. The molecule has 0 aromatic heterocycles. The molecule has 0 heterocycles. The van der Waals surface area contributed by atoms with E-state index in [-0.39, 0.29) is 6.42 Å². The molecule has 474 valence electrons. The lowest BCUT2D eigenvalue weighted by Crippen LogP contribution is -2.23. The molecule has 27 nitrogen and oxygen atoms in total. The Morgan fingerprint density at radius 1 is 0.215 bits per heavy atom. The summed E-state index contributed by atoms with van der Waals surface area (Å²) in [7, 11) is 1.64. The van der Waals surface area contributed by atoms with Crippen LogP contribution in [0.5, 0.6) is 0 Å². The average molecular weight is 1160 g/mol. The zero-order chi connectivity index (χ0) is 56.6. The summed E-state index contributed by atoms with van der Waals surface area (Å²) >= 11 is 0. The highest BCUT2D eigenvalue weighted by atomic mass is 16.6. The first-order valence-electron chi connectivity index (χ1n) is 28.0. The van der Waals surface area contributed by atoms with Crippen LogP contribution in [0.3, 0.4) is 0 Å². The highest BCUT2D eigenvalue weighted by molar-refractivity contribution is 5.66. The van der Waals surface area contributed by atoms with E-state index in [1.165, 1.54) is 0 Å². The second-order valence-corrected chi connectivity index (χ2v) is 16.0. The molecule has 2 N–H and O–H groups in total. The molecule has 0 radical (unpaired) electrons. The van der Waals surface area contributed by atoms with Crippen molar-refractivity contribution in [3.05, 3.63) is 0 Å². The highest BCUT2D eigenvalue weighted by Gasteiger charge is 2.01. The zero-order valence-electron chi connectivity index (χ0n) is 48.0. The molecule has 0 unspecified atom stereocenters. The molecule has 0 aliphatic heterocycles. The van der Waals surface area contributed by atoms with Crippen molar-refractivity contribution in [2.24, 2.45) is 0 Å². The molecule has 0 saturated heterocycles. The Balaban J connectivity index is 3.08. The fourth-order valence-corrected chi connectivity index (χ4v) is 5.55. The Hall–Kier alpha value is -1.53. The fraction of sp³-hybridized carbons (Fsp3) is 0.981. The van der Waals surface area contributed by atoms with E-state index in [0.717, 1.165) is 0 Å². The quantitative estimate of drug-likeness (QED) is 0.0764. The zero-order valence-corrected chi connectivity index (χ0v) is 48.0. The smallest absolute Gasteiger partial charge is 0.304 e. The standard InChI is InChI=1S/C52H105NO26/c1-56-6-7-58-10-11-60-14-15-62-18-19-64-22-23-66-26-27-68-30-31-70-34-35-72-38-39-74-42-43-76-46-47-78-50-51-79-49-48-77-45-44-75-41-40-73-37-36-71-33-32-69-29-28-67-25-24-65-21-20-63-17-16-61-13-12-59-9-8-57-5-4-53-3-2-52(54)55/h53H,2-51H2,1H3,(H,54,55). The van der Waals surface area contributed by atoms with Crippen LogP contribution in [0, 0.1) is 0 Å². The van der Waals surface area contributed by atoms with Crippen LogP contribution >= 0.6 is 0 Å². The molecule has 0 saturated carbocycles. The summed E-state index contributed by atoms with van der Waals surface area (Å²) < 4.78 is 131. The summed E-state index contributed by atoms with van der Waals surface area (Å²) in [4.78, 5) is 10.4. The minimum atomic E-state index is -0.817. The molecule has 79 heavy (non-hydrogen) atoms. The van der Waals surface area contributed by atoms with E-state index in [1.807, 2.05) is 0 Å². The number of ether oxygens (including phenoxy) is 24. The van der Waals surface area contributed by atoms with Gasteiger partial charge in [0.1, 0.15) is 0 Å². The number of hydrogen-bond acceptors (Lipinski definition) is 26. The summed E-state index contributed by atoms with van der Waals surface area (Å²) in [5.74, 6) is -0.817. The van der Waals surface area contributed by atoms with Gasteiger partial charge in [0.15, 0.2) is 0 Å². The third kappa shape index (κ3) is 76.5. The molecular formula is C52H105NO26. The van der Waals surface area contributed by atoms with Crippen LogP contribution in [0.2, 0.25) is 0 Å². The van der Waals surface area contributed by atoms with Gasteiger partial charge in [-0.05, 0) is 0 Å². The van der Waals surface area contributed by atoms with Crippen molar-refractivity contribution in [3.63, 3.8) is 0 Å². The van der Waals surface area contributed by atoms with Gasteiger partial charge in [0, 0.05) is 20.2 Å². The first-order valence-corrected chi connectivity index (χ1v) is 28.0. The molecule has 0 spiro atoms. The number of hydrogen-bond donors (Lipinski definition) is 2. The Bertz CT molecular complexity index is 1100. The van der Waals surface area contributed by atoms with Crippen LogP contribution in [-0.2, 0) is 118 Å². The number of carboxylic acid groups (broad SMARTS) is 1. The van der Waals surface area contributed by atoms with Crippen molar-refractivity contribution in [3.8, 4) is 0 Å². The molecule has 27 heteroatoms. The summed E-state index contributed by atoms with van der Waals surface area (Å²) in [5, 5.41) is 11.5. The first-order chi connectivity index (χ1) is 39.3. The lowest BCUT2D eigenvalue weighted by atomic mass is 10.4. The van der Waals surface area contributed by atoms with Crippen molar-refractivity contribution in [2.75, 3.05) is 331 Å². The van der Waals surface area contributed by atoms with Crippen LogP contribution in [0.15, 0.2) is 0 Å². The molecule has 0 aromatic rings. The van der Waals surface area contributed by atoms with E-state index in [4.69, 9.17) is 119 Å². The van der Waals surface area contributed by atoms with Crippen LogP contribution in [0.25, 0.3) is 0 Å². The minimum absolute atomic E-state index is 0.101. The molecule has 0 bridgehead atoms. The van der Waals surface area contributed by atoms with Gasteiger partial charge >= 0.3 is 5.97 Å². The number of aliphatic carboxylic acids is 1. The van der Waals surface area contributed by atoms with Crippen molar-refractivity contribution in [1.29, 1.82) is 0 Å². The second kappa shape index (κ2) is 74.5. The van der Waals surface area contributed by atoms with Crippen LogP contribution in [0.1, 0.15) is 6.42 Å². The molecule has 0 aliphatic carbocycles. The van der Waals surface area contributed by atoms with E-state index >= 15 is 0 Å². The topological polar surface area (TPSA) is 271 Å². The number of methoxy groups -OCH3 is 1. The number of nitrogens with one attached hydrogen (secondary N) is 1. The Labute approximate surface area is 471 Å². The van der Waals surface area contributed by atoms with Gasteiger partial charge in [0.05, 0.1) is 317 Å². The SMILES string of the molecule is COCCOCCOCCOCCOCCOCCOCCOCCOCCOCCOCCOCCOCCOCCOCCOCCOCCOCCOCCOCCOCCOCCOCCOCCNCCC(=O)O. The maximum absolute atomic E-state index is 10.4. The van der Waals surface area contributed by atoms with E-state index in [2.05, 4.69) is 5.32 Å². The molecule has 0 amide bonds. The van der Waals surface area contributed by atoms with Gasteiger partial charge in [-0.25, -0.2) is 0 Å². The predicted molar refractivity (Wildman–Crippen MR) is 286 cm³/mol. The third-order valence-corrected chi connectivity index (χ3v) is 9.55. The Kier molecular flexibility index (Phi) is 73.0. The summed E-state index contributed by atoms with van der Waals surface area (Å²) in [6.07, 6.45) is 0.101. The molecule has 0 rings (SSSR count). The van der Waals surface area contributed by atoms with Crippen LogP contribution in [-0.4, -0.2) is 342 Å². The van der Waals surface area contributed by atoms with Crippen molar-refractivity contribution in [1.82, 2.24) is 5.32 Å². The maximum atomic E-state index is 10.4. The van der Waals surface area contributed by atoms with Crippen LogP contribution in [0.4, 0.5) is 0 Å². The minimum Gasteiger partial charge on any atom is -0.481 e. The Morgan fingerprint density at radius 3 is 0.468 bits per heavy atom. The highest BCUT2D eigenvalue weighted by Crippen LogP contribution is 1.91. The monoisotopic (exact) mass is 1160 g/mol. The molecule has 0 aromatic carbocycles. The van der Waals surface area contributed by atoms with Gasteiger partial charge in [-0.3, -0.25) is 4.79 Å². The van der Waals surface area contributed by atoms with Crippen LogP contribution < -0.4 is 5.32 Å². The molecule has 0 fully saturated rings. The van der Waals surface area contributed by atoms with E-state index < -0.39 is 5.97 Å². The van der Waals surface area contributed by atoms with E-state index in [1.54, 1.807) is 7.11 Å². The summed E-state index contributed by atoms with van der Waals surface area (Å²) in [5.41, 5.74) is 0. The number of carboxylic acids is 1. The summed E-state index contributed by atoms with van der Waals surface area (Å²) in [6, 6.07) is 0. The van der Waals surface area contributed by atoms with Gasteiger partial charge in [0.25, 0.3) is 0 Å². The average Bonchev–Trinajstić information content (AvgIpc) is 3.45. The third-order valence-electron chi connectivity index (χ3n) is 9.55. The largest absolute Gasteiger partial charge is 0.481 e. The van der Waals surface area contributed by atoms with E-state index in [9.17, 15) is 4.79 Å². The number of carbonyl (C=O) groups is 1. The second-order valence-electron chi connectivity index (χ2n) is 16.0. The van der Waals surface area contributed by atoms with Crippen molar-refractivity contribution < 1.29 is 124 Å². The van der Waals surface area contributed by atoms with Gasteiger partial charge < -0.3 is 124 Å². The van der Waals surface area contributed by atoms with Gasteiger partial charge in [0.2, 0.25) is 0 Å². The molecule has 0 aliphatic rings. The molecule has 0 atom stereocenters. The van der Waals surface area contributed by atoms with E-state index in [0.29, 0.717) is 324 Å². The van der Waals surface area contributed by atoms with Gasteiger partial charge in [-0.15, -0.1) is 0 Å². The first kappa shape index (κ1) is 77.5. The van der Waals surface area contributed by atoms with Gasteiger partial charge in [-0.2, -0.15) is 0 Å². The molecular weight excluding hydrogens is 1050 g/mol. The fourth-order valence-electron chi connectivity index (χ4n) is 5.55. The van der Waals surface area contributed by atoms with Crippen molar-refractivity contribution in [2.45, 2.75) is 6.42 Å². The lowest BCUT2D eigenvalue weighted by molar-refractivity contribution is -0.136. The maximum Gasteiger partial charge on any atom is 0.304 e.